The van der Waals surface area contributed by atoms with Crippen molar-refractivity contribution in [2.24, 2.45) is 0 Å². The number of H-pyrrole nitrogens is 1. The first kappa shape index (κ1) is 17.7. The van der Waals surface area contributed by atoms with Gasteiger partial charge in [0, 0.05) is 6.08 Å². The summed E-state index contributed by atoms with van der Waals surface area (Å²) in [5.41, 5.74) is 0.419. The highest BCUT2D eigenvalue weighted by Crippen LogP contribution is 2.29. The van der Waals surface area contributed by atoms with Gasteiger partial charge in [-0.05, 0) is 35.9 Å². The van der Waals surface area contributed by atoms with E-state index in [-0.39, 0.29) is 5.56 Å². The van der Waals surface area contributed by atoms with Crippen LogP contribution in [0.1, 0.15) is 16.1 Å². The number of hydrogen-bond donors (Lipinski definition) is 1. The molecule has 0 aliphatic carbocycles. The maximum Gasteiger partial charge on any atom is 0.416 e. The summed E-state index contributed by atoms with van der Waals surface area (Å²) in [6.07, 6.45) is -1.02. The smallest absolute Gasteiger partial charge is 0.313 e. The van der Waals surface area contributed by atoms with Crippen LogP contribution in [-0.4, -0.2) is 9.97 Å². The summed E-state index contributed by atoms with van der Waals surface area (Å²) < 4.78 is 40.0. The fraction of sp³-hybridized carbons (Fsp3) is 0.0526. The molecule has 0 radical (unpaired) electrons. The molecule has 0 unspecified atom stereocenters. The molecule has 4 rings (SSSR count). The van der Waals surface area contributed by atoms with Crippen LogP contribution in [0.3, 0.4) is 0 Å². The second kappa shape index (κ2) is 6.79. The minimum Gasteiger partial charge on any atom is -0.313 e. The number of benzene rings is 2. The van der Waals surface area contributed by atoms with Crippen molar-refractivity contribution in [3.05, 3.63) is 84.2 Å². The lowest BCUT2D eigenvalue weighted by Crippen LogP contribution is -2.19. The maximum absolute atomic E-state index is 12.6. The molecule has 0 aliphatic heterocycles. The molecule has 136 valence electrons. The third-order valence-electron chi connectivity index (χ3n) is 3.78. The van der Waals surface area contributed by atoms with Gasteiger partial charge in [-0.2, -0.15) is 13.2 Å². The van der Waals surface area contributed by atoms with E-state index >= 15 is 0 Å². The number of nitrogens with zero attached hydrogens (tertiary/aromatic N) is 1. The van der Waals surface area contributed by atoms with Gasteiger partial charge in [0.15, 0.2) is 0 Å². The first-order valence-corrected chi connectivity index (χ1v) is 9.47. The third kappa shape index (κ3) is 3.86. The fourth-order valence-corrected chi connectivity index (χ4v) is 4.38. The van der Waals surface area contributed by atoms with Gasteiger partial charge >= 0.3 is 6.18 Å². The maximum atomic E-state index is 12.6. The van der Waals surface area contributed by atoms with Crippen LogP contribution in [0.4, 0.5) is 13.2 Å². The average molecular weight is 404 g/mol. The van der Waals surface area contributed by atoms with E-state index in [1.165, 1.54) is 34.8 Å². The van der Waals surface area contributed by atoms with Gasteiger partial charge in [0.05, 0.1) is 25.0 Å². The molecular weight excluding hydrogens is 393 g/mol. The van der Waals surface area contributed by atoms with Gasteiger partial charge in [0.1, 0.15) is 5.01 Å². The summed E-state index contributed by atoms with van der Waals surface area (Å²) in [6.45, 7) is 0. The number of aromatic nitrogens is 2. The second-order valence-electron chi connectivity index (χ2n) is 5.71. The molecule has 0 bridgehead atoms. The van der Waals surface area contributed by atoms with Crippen molar-refractivity contribution in [3.63, 3.8) is 0 Å². The summed E-state index contributed by atoms with van der Waals surface area (Å²) in [6, 6.07) is 12.4. The van der Waals surface area contributed by atoms with E-state index in [0.717, 1.165) is 27.4 Å². The van der Waals surface area contributed by atoms with Gasteiger partial charge < -0.3 is 4.98 Å². The van der Waals surface area contributed by atoms with E-state index in [4.69, 9.17) is 0 Å². The van der Waals surface area contributed by atoms with Crippen molar-refractivity contribution in [1.82, 2.24) is 9.97 Å². The van der Waals surface area contributed by atoms with Gasteiger partial charge in [0.2, 0.25) is 0 Å². The van der Waals surface area contributed by atoms with Crippen molar-refractivity contribution in [2.75, 3.05) is 0 Å². The van der Waals surface area contributed by atoms with Gasteiger partial charge in [-0.1, -0.05) is 24.3 Å². The molecule has 0 fully saturated rings. The number of aromatic amines is 1. The minimum atomic E-state index is -4.38. The van der Waals surface area contributed by atoms with Crippen LogP contribution < -0.4 is 14.8 Å². The topological polar surface area (TPSA) is 45.8 Å². The largest absolute Gasteiger partial charge is 0.416 e. The molecule has 2 aromatic carbocycles. The first-order chi connectivity index (χ1) is 12.9. The lowest BCUT2D eigenvalue weighted by Gasteiger charge is -2.05. The van der Waals surface area contributed by atoms with E-state index in [2.05, 4.69) is 9.97 Å². The number of halogens is 3. The average Bonchev–Trinajstić information content (AvgIpc) is 3.17. The van der Waals surface area contributed by atoms with Crippen LogP contribution in [0.5, 0.6) is 0 Å². The molecular formula is C19H11F3N2OS2. The van der Waals surface area contributed by atoms with Gasteiger partial charge in [-0.3, -0.25) is 4.79 Å². The van der Waals surface area contributed by atoms with Crippen molar-refractivity contribution in [3.8, 4) is 0 Å². The number of hydrogen-bond acceptors (Lipinski definition) is 4. The van der Waals surface area contributed by atoms with Gasteiger partial charge in [-0.15, -0.1) is 22.7 Å². The highest BCUT2D eigenvalue weighted by molar-refractivity contribution is 7.19. The summed E-state index contributed by atoms with van der Waals surface area (Å²) in [5.74, 6) is 0. The zero-order valence-corrected chi connectivity index (χ0v) is 15.2. The van der Waals surface area contributed by atoms with Gasteiger partial charge in [0.25, 0.3) is 5.56 Å². The molecule has 4 aromatic rings. The summed E-state index contributed by atoms with van der Waals surface area (Å²) in [5, 5.41) is 0.773. The molecule has 0 saturated carbocycles. The normalized spacial score (nSPS) is 13.6. The van der Waals surface area contributed by atoms with E-state index in [1.54, 1.807) is 12.2 Å². The van der Waals surface area contributed by atoms with Crippen LogP contribution >= 0.6 is 22.7 Å². The summed E-state index contributed by atoms with van der Waals surface area (Å²) >= 11 is 2.75. The number of rotatable bonds is 2. The highest BCUT2D eigenvalue weighted by Gasteiger charge is 2.29. The van der Waals surface area contributed by atoms with E-state index in [0.29, 0.717) is 14.8 Å². The first-order valence-electron chi connectivity index (χ1n) is 7.84. The van der Waals surface area contributed by atoms with Crippen molar-refractivity contribution >= 4 is 45.0 Å². The number of nitrogens with one attached hydrogen (secondary N) is 1. The quantitative estimate of drug-likeness (QED) is 0.554. The lowest BCUT2D eigenvalue weighted by molar-refractivity contribution is -0.137. The monoisotopic (exact) mass is 404 g/mol. The van der Waals surface area contributed by atoms with Crippen LogP contribution in [0.2, 0.25) is 0 Å². The van der Waals surface area contributed by atoms with Gasteiger partial charge in [-0.25, -0.2) is 4.98 Å². The van der Waals surface area contributed by atoms with Crippen molar-refractivity contribution in [1.29, 1.82) is 0 Å². The zero-order chi connectivity index (χ0) is 19.0. The Bertz CT molecular complexity index is 1250. The molecule has 3 nitrogen and oxygen atoms in total. The number of thiazole rings is 2. The van der Waals surface area contributed by atoms with Crippen LogP contribution in [0.15, 0.2) is 53.3 Å². The number of para-hydroxylation sites is 1. The number of alkyl halides is 3. The Morgan fingerprint density at radius 2 is 1.70 bits per heavy atom. The molecule has 0 aliphatic rings. The molecule has 0 spiro atoms. The molecule has 8 heteroatoms. The third-order valence-corrected chi connectivity index (χ3v) is 5.73. The van der Waals surface area contributed by atoms with E-state index < -0.39 is 11.7 Å². The summed E-state index contributed by atoms with van der Waals surface area (Å²) in [4.78, 5) is 19.4. The molecule has 0 atom stereocenters. The Balaban J connectivity index is 1.70. The predicted molar refractivity (Wildman–Crippen MR) is 102 cm³/mol. The lowest BCUT2D eigenvalue weighted by atomic mass is 10.1. The standard InChI is InChI=1S/C19H11F3N2OS2/c20-19(21,22)12-7-5-11(6-8-12)9-15-18(25)24-17(27-15)10-16-23-13-3-1-2-4-14(13)26-16/h1-10H,(H,24,25)/b15-9-,17-10+. The molecule has 0 amide bonds. The SMILES string of the molecule is O=c1[nH]/c(=C\c2nc3ccccc3s2)s/c1=C\c1ccc(C(F)(F)F)cc1. The Morgan fingerprint density at radius 3 is 2.41 bits per heavy atom. The Kier molecular flexibility index (Phi) is 4.45. The Labute approximate surface area is 158 Å². The van der Waals surface area contributed by atoms with Crippen LogP contribution in [0.25, 0.3) is 22.4 Å². The van der Waals surface area contributed by atoms with Crippen LogP contribution in [-0.2, 0) is 6.18 Å². The van der Waals surface area contributed by atoms with Crippen molar-refractivity contribution < 1.29 is 13.2 Å². The molecule has 1 N–H and O–H groups in total. The summed E-state index contributed by atoms with van der Waals surface area (Å²) in [7, 11) is 0. The van der Waals surface area contributed by atoms with Crippen molar-refractivity contribution in [2.45, 2.75) is 6.18 Å². The zero-order valence-electron chi connectivity index (χ0n) is 13.6. The minimum absolute atomic E-state index is 0.285. The second-order valence-corrected chi connectivity index (χ2v) is 7.86. The Morgan fingerprint density at radius 1 is 0.963 bits per heavy atom. The number of fused-ring (bicyclic) bond motifs is 1. The van der Waals surface area contributed by atoms with E-state index in [9.17, 15) is 18.0 Å². The predicted octanol–water partition coefficient (Wildman–Crippen LogP) is 3.72. The van der Waals surface area contributed by atoms with E-state index in [1.807, 2.05) is 24.3 Å². The molecule has 2 aromatic heterocycles. The highest BCUT2D eigenvalue weighted by atomic mass is 32.1. The molecule has 0 saturated heterocycles. The molecule has 27 heavy (non-hydrogen) atoms. The van der Waals surface area contributed by atoms with Crippen LogP contribution in [0, 0.1) is 0 Å². The Hall–Kier alpha value is -2.71. The molecule has 2 heterocycles. The fourth-order valence-electron chi connectivity index (χ4n) is 2.51.